The van der Waals surface area contributed by atoms with E-state index in [0.717, 1.165) is 32.3 Å². The van der Waals surface area contributed by atoms with Crippen LogP contribution < -0.4 is 0 Å². The number of ether oxygens (including phenoxy) is 1. The minimum Gasteiger partial charge on any atom is -0.373 e. The van der Waals surface area contributed by atoms with Gasteiger partial charge in [-0.25, -0.2) is 4.39 Å². The molecule has 0 aromatic heterocycles. The lowest BCUT2D eigenvalue weighted by molar-refractivity contribution is -0.0457. The summed E-state index contributed by atoms with van der Waals surface area (Å²) in [6.45, 7) is 3.11. The van der Waals surface area contributed by atoms with E-state index in [1.807, 2.05) is 0 Å². The minimum absolute atomic E-state index is 0.151. The van der Waals surface area contributed by atoms with Gasteiger partial charge in [0, 0.05) is 0 Å². The van der Waals surface area contributed by atoms with E-state index >= 15 is 0 Å². The third-order valence-corrected chi connectivity index (χ3v) is 4.48. The molecule has 2 saturated carbocycles. The molecule has 2 heteroatoms. The maximum atomic E-state index is 14.4. The topological polar surface area (TPSA) is 12.5 Å². The molecule has 4 unspecified atom stereocenters. The summed E-state index contributed by atoms with van der Waals surface area (Å²) in [6.07, 6.45) is 6.29. The van der Waals surface area contributed by atoms with Gasteiger partial charge in [-0.05, 0) is 43.4 Å². The monoisotopic (exact) mass is 198 g/mol. The van der Waals surface area contributed by atoms with Crippen molar-refractivity contribution in [3.05, 3.63) is 0 Å². The summed E-state index contributed by atoms with van der Waals surface area (Å²) in [7, 11) is 0. The van der Waals surface area contributed by atoms with Crippen LogP contribution in [0.4, 0.5) is 4.39 Å². The molecule has 14 heavy (non-hydrogen) atoms. The van der Waals surface area contributed by atoms with E-state index in [2.05, 4.69) is 6.92 Å². The minimum atomic E-state index is -0.845. The first kappa shape index (κ1) is 9.14. The predicted octanol–water partition coefficient (Wildman–Crippen LogP) is 3.08. The maximum Gasteiger partial charge on any atom is 0.112 e. The number of fused-ring (bicyclic) bond motifs is 2. The zero-order valence-corrected chi connectivity index (χ0v) is 8.89. The molecule has 0 N–H and O–H groups in total. The van der Waals surface area contributed by atoms with Gasteiger partial charge in [-0.2, -0.15) is 0 Å². The van der Waals surface area contributed by atoms with Crippen LogP contribution in [0.5, 0.6) is 0 Å². The van der Waals surface area contributed by atoms with E-state index in [9.17, 15) is 4.39 Å². The van der Waals surface area contributed by atoms with Crippen LogP contribution in [0.1, 0.15) is 45.4 Å². The van der Waals surface area contributed by atoms with Crippen LogP contribution in [0.2, 0.25) is 0 Å². The van der Waals surface area contributed by atoms with Crippen molar-refractivity contribution >= 4 is 0 Å². The van der Waals surface area contributed by atoms with Gasteiger partial charge in [-0.15, -0.1) is 0 Å². The Hall–Kier alpha value is -0.110. The van der Waals surface area contributed by atoms with Gasteiger partial charge in [0.1, 0.15) is 5.67 Å². The smallest absolute Gasteiger partial charge is 0.112 e. The first-order valence-electron chi connectivity index (χ1n) is 5.90. The second-order valence-corrected chi connectivity index (χ2v) is 5.97. The van der Waals surface area contributed by atoms with Gasteiger partial charge in [0.2, 0.25) is 0 Å². The van der Waals surface area contributed by atoms with Crippen LogP contribution in [-0.2, 0) is 4.74 Å². The van der Waals surface area contributed by atoms with Gasteiger partial charge in [0.15, 0.2) is 0 Å². The Morgan fingerprint density at radius 3 is 2.79 bits per heavy atom. The molecular weight excluding hydrogens is 179 g/mol. The maximum absolute atomic E-state index is 14.4. The fourth-order valence-corrected chi connectivity index (χ4v) is 3.91. The van der Waals surface area contributed by atoms with Gasteiger partial charge in [-0.3, -0.25) is 0 Å². The second kappa shape index (κ2) is 2.72. The van der Waals surface area contributed by atoms with Gasteiger partial charge in [0.25, 0.3) is 0 Å². The summed E-state index contributed by atoms with van der Waals surface area (Å²) >= 11 is 0. The molecule has 3 rings (SSSR count). The van der Waals surface area contributed by atoms with Crippen molar-refractivity contribution in [2.24, 2.45) is 11.3 Å². The van der Waals surface area contributed by atoms with Crippen molar-refractivity contribution in [3.8, 4) is 0 Å². The van der Waals surface area contributed by atoms with Crippen LogP contribution in [0.3, 0.4) is 0 Å². The first-order valence-corrected chi connectivity index (χ1v) is 5.90. The largest absolute Gasteiger partial charge is 0.373 e. The summed E-state index contributed by atoms with van der Waals surface area (Å²) in [5.41, 5.74) is -0.694. The summed E-state index contributed by atoms with van der Waals surface area (Å²) in [4.78, 5) is 0. The van der Waals surface area contributed by atoms with Crippen LogP contribution >= 0.6 is 0 Å². The molecule has 3 fully saturated rings. The highest BCUT2D eigenvalue weighted by molar-refractivity contribution is 5.04. The molecule has 1 heterocycles. The normalized spacial score (nSPS) is 57.0. The lowest BCUT2D eigenvalue weighted by atomic mass is 9.59. The highest BCUT2D eigenvalue weighted by Gasteiger charge is 2.54. The fraction of sp³-hybridized carbons (Fsp3) is 1.00. The van der Waals surface area contributed by atoms with E-state index in [1.54, 1.807) is 0 Å². The molecule has 3 aliphatic rings. The predicted molar refractivity (Wildman–Crippen MR) is 52.9 cm³/mol. The lowest BCUT2D eigenvalue weighted by Crippen LogP contribution is -2.45. The Kier molecular flexibility index (Phi) is 1.77. The molecule has 2 bridgehead atoms. The average Bonchev–Trinajstić information content (AvgIpc) is 2.81. The Morgan fingerprint density at radius 2 is 2.14 bits per heavy atom. The molecule has 2 aliphatic carbocycles. The average molecular weight is 198 g/mol. The van der Waals surface area contributed by atoms with Gasteiger partial charge in [0.05, 0.1) is 12.7 Å². The Bertz CT molecular complexity index is 251. The third-order valence-electron chi connectivity index (χ3n) is 4.48. The van der Waals surface area contributed by atoms with Crippen molar-refractivity contribution in [3.63, 3.8) is 0 Å². The highest BCUT2D eigenvalue weighted by Crippen LogP contribution is 2.56. The van der Waals surface area contributed by atoms with Crippen molar-refractivity contribution in [1.29, 1.82) is 0 Å². The van der Waals surface area contributed by atoms with E-state index in [-0.39, 0.29) is 5.41 Å². The fourth-order valence-electron chi connectivity index (χ4n) is 3.91. The molecule has 0 radical (unpaired) electrons. The molecule has 4 atom stereocenters. The van der Waals surface area contributed by atoms with Crippen molar-refractivity contribution in [2.45, 2.75) is 57.2 Å². The molecule has 0 aromatic carbocycles. The zero-order chi connectivity index (χ0) is 9.81. The van der Waals surface area contributed by atoms with E-state index in [0.29, 0.717) is 12.0 Å². The van der Waals surface area contributed by atoms with Crippen molar-refractivity contribution < 1.29 is 9.13 Å². The number of epoxide rings is 1. The zero-order valence-electron chi connectivity index (χ0n) is 8.89. The van der Waals surface area contributed by atoms with Crippen molar-refractivity contribution in [1.82, 2.24) is 0 Å². The second-order valence-electron chi connectivity index (χ2n) is 5.97. The SMILES string of the molecule is CC1(C2CO2)CC2CCCC(F)(C2)C1. The highest BCUT2D eigenvalue weighted by atomic mass is 19.1. The first-order chi connectivity index (χ1) is 6.60. The van der Waals surface area contributed by atoms with Gasteiger partial charge >= 0.3 is 0 Å². The molecular formula is C12H19FO. The molecule has 0 aromatic rings. The van der Waals surface area contributed by atoms with Crippen LogP contribution in [-0.4, -0.2) is 18.4 Å². The number of halogens is 1. The molecule has 1 nitrogen and oxygen atoms in total. The standard InChI is InChI=1S/C12H19FO/c1-11(10-7-14-10)5-9-3-2-4-12(13,6-9)8-11/h9-10H,2-8H2,1H3. The summed E-state index contributed by atoms with van der Waals surface area (Å²) in [6, 6.07) is 0. The van der Waals surface area contributed by atoms with Crippen LogP contribution in [0, 0.1) is 11.3 Å². The quantitative estimate of drug-likeness (QED) is 0.590. The van der Waals surface area contributed by atoms with Gasteiger partial charge in [-0.1, -0.05) is 13.3 Å². The Morgan fingerprint density at radius 1 is 1.36 bits per heavy atom. The molecule has 1 aliphatic heterocycles. The van der Waals surface area contributed by atoms with E-state index in [1.165, 1.54) is 12.8 Å². The number of hydrogen-bond donors (Lipinski definition) is 0. The number of hydrogen-bond acceptors (Lipinski definition) is 1. The van der Waals surface area contributed by atoms with E-state index < -0.39 is 5.67 Å². The van der Waals surface area contributed by atoms with Gasteiger partial charge < -0.3 is 4.74 Å². The summed E-state index contributed by atoms with van der Waals surface area (Å²) in [5.74, 6) is 0.636. The number of rotatable bonds is 1. The van der Waals surface area contributed by atoms with Crippen molar-refractivity contribution in [2.75, 3.05) is 6.61 Å². The summed E-state index contributed by atoms with van der Waals surface area (Å²) in [5, 5.41) is 0. The molecule has 0 amide bonds. The third kappa shape index (κ3) is 1.39. The Labute approximate surface area is 85.0 Å². The molecule has 80 valence electrons. The summed E-state index contributed by atoms with van der Waals surface area (Å²) < 4.78 is 19.8. The molecule has 1 saturated heterocycles. The van der Waals surface area contributed by atoms with E-state index in [4.69, 9.17) is 4.74 Å². The van der Waals surface area contributed by atoms with Crippen LogP contribution in [0.25, 0.3) is 0 Å². The molecule has 0 spiro atoms. The number of alkyl halides is 1. The Balaban J connectivity index is 1.83. The van der Waals surface area contributed by atoms with Crippen LogP contribution in [0.15, 0.2) is 0 Å². The lowest BCUT2D eigenvalue weighted by Gasteiger charge is -2.48.